The van der Waals surface area contributed by atoms with Crippen molar-refractivity contribution in [2.45, 2.75) is 52.1 Å². The largest absolute Gasteiger partial charge is 0.356 e. The minimum atomic E-state index is 0. The van der Waals surface area contributed by atoms with Crippen molar-refractivity contribution in [3.05, 3.63) is 0 Å². The average molecular weight is 394 g/mol. The van der Waals surface area contributed by atoms with Crippen molar-refractivity contribution >= 4 is 29.9 Å². The van der Waals surface area contributed by atoms with E-state index in [9.17, 15) is 0 Å². The minimum absolute atomic E-state index is 0. The average Bonchev–Trinajstić information content (AvgIpc) is 2.67. The number of hydrogen-bond acceptors (Lipinski definition) is 2. The Morgan fingerprint density at radius 1 is 1.30 bits per heavy atom. The maximum Gasteiger partial charge on any atom is 0.191 e. The smallest absolute Gasteiger partial charge is 0.191 e. The second kappa shape index (κ2) is 8.41. The fraction of sp³-hybridized carbons (Fsp3) is 0.933. The van der Waals surface area contributed by atoms with Crippen LogP contribution in [0.4, 0.5) is 0 Å². The number of nitrogens with one attached hydrogen (secondary N) is 2. The molecule has 1 aliphatic heterocycles. The number of hydrogen-bond donors (Lipinski definition) is 2. The molecule has 1 saturated heterocycles. The molecule has 0 aromatic heterocycles. The standard InChI is InChI=1S/C15H30N4.HI/c1-11(2)19-9-12(3)14(10-19)18-15(16-4)17-8-13-6-5-7-13;/h11-14H,5-10H2,1-4H3,(H2,16,17,18);1H. The maximum absolute atomic E-state index is 4.36. The molecule has 0 radical (unpaired) electrons. The lowest BCUT2D eigenvalue weighted by Gasteiger charge is -2.27. The molecule has 0 spiro atoms. The van der Waals surface area contributed by atoms with Crippen molar-refractivity contribution in [1.29, 1.82) is 0 Å². The zero-order valence-electron chi connectivity index (χ0n) is 13.4. The van der Waals surface area contributed by atoms with E-state index in [2.05, 4.69) is 41.3 Å². The third kappa shape index (κ3) is 4.76. The van der Waals surface area contributed by atoms with Crippen LogP contribution < -0.4 is 10.6 Å². The fourth-order valence-corrected chi connectivity index (χ4v) is 2.92. The normalized spacial score (nSPS) is 28.1. The van der Waals surface area contributed by atoms with Crippen molar-refractivity contribution in [2.75, 3.05) is 26.7 Å². The molecule has 1 aliphatic carbocycles. The predicted molar refractivity (Wildman–Crippen MR) is 96.9 cm³/mol. The van der Waals surface area contributed by atoms with Crippen LogP contribution in [0.5, 0.6) is 0 Å². The number of aliphatic imine (C=N–C) groups is 1. The summed E-state index contributed by atoms with van der Waals surface area (Å²) in [5.41, 5.74) is 0. The summed E-state index contributed by atoms with van der Waals surface area (Å²) in [6.07, 6.45) is 4.16. The molecule has 2 fully saturated rings. The first-order valence-electron chi connectivity index (χ1n) is 7.81. The minimum Gasteiger partial charge on any atom is -0.356 e. The van der Waals surface area contributed by atoms with Gasteiger partial charge in [0.1, 0.15) is 0 Å². The highest BCUT2D eigenvalue weighted by Gasteiger charge is 2.31. The molecular weight excluding hydrogens is 363 g/mol. The molecule has 2 unspecified atom stereocenters. The van der Waals surface area contributed by atoms with Crippen molar-refractivity contribution in [1.82, 2.24) is 15.5 Å². The van der Waals surface area contributed by atoms with E-state index in [-0.39, 0.29) is 24.0 Å². The second-order valence-electron chi connectivity index (χ2n) is 6.53. The SMILES string of the molecule is CN=C(NCC1CCC1)NC1CN(C(C)C)CC1C.I. The molecule has 0 aromatic carbocycles. The van der Waals surface area contributed by atoms with Gasteiger partial charge in [-0.15, -0.1) is 24.0 Å². The van der Waals surface area contributed by atoms with Crippen LogP contribution in [0.1, 0.15) is 40.0 Å². The molecule has 0 amide bonds. The lowest BCUT2D eigenvalue weighted by atomic mass is 9.85. The third-order valence-corrected chi connectivity index (χ3v) is 4.70. The Morgan fingerprint density at radius 2 is 2.00 bits per heavy atom. The second-order valence-corrected chi connectivity index (χ2v) is 6.53. The van der Waals surface area contributed by atoms with Crippen LogP contribution in [0.2, 0.25) is 0 Å². The van der Waals surface area contributed by atoms with Crippen LogP contribution in [-0.2, 0) is 0 Å². The monoisotopic (exact) mass is 394 g/mol. The Hall–Kier alpha value is -0.0400. The molecule has 1 saturated carbocycles. The van der Waals surface area contributed by atoms with Gasteiger partial charge in [-0.1, -0.05) is 13.3 Å². The van der Waals surface area contributed by atoms with Gasteiger partial charge in [-0.2, -0.15) is 0 Å². The molecule has 118 valence electrons. The number of nitrogens with zero attached hydrogens (tertiary/aromatic N) is 2. The van der Waals surface area contributed by atoms with Gasteiger partial charge >= 0.3 is 0 Å². The Balaban J connectivity index is 0.00000200. The summed E-state index contributed by atoms with van der Waals surface area (Å²) in [5, 5.41) is 7.08. The van der Waals surface area contributed by atoms with E-state index in [0.717, 1.165) is 25.0 Å². The molecule has 1 heterocycles. The first kappa shape index (κ1) is 18.0. The predicted octanol–water partition coefficient (Wildman–Crippen LogP) is 2.30. The quantitative estimate of drug-likeness (QED) is 0.437. The van der Waals surface area contributed by atoms with E-state index in [0.29, 0.717) is 18.0 Å². The molecular formula is C15H31IN4. The molecule has 4 nitrogen and oxygen atoms in total. The first-order chi connectivity index (χ1) is 9.10. The number of rotatable bonds is 4. The van der Waals surface area contributed by atoms with Gasteiger partial charge in [0.05, 0.1) is 0 Å². The first-order valence-corrected chi connectivity index (χ1v) is 7.81. The van der Waals surface area contributed by atoms with Crippen molar-refractivity contribution in [3.8, 4) is 0 Å². The van der Waals surface area contributed by atoms with Gasteiger partial charge < -0.3 is 10.6 Å². The summed E-state index contributed by atoms with van der Waals surface area (Å²) >= 11 is 0. The number of likely N-dealkylation sites (tertiary alicyclic amines) is 1. The lowest BCUT2D eigenvalue weighted by Crippen LogP contribution is -2.48. The molecule has 20 heavy (non-hydrogen) atoms. The maximum atomic E-state index is 4.36. The van der Waals surface area contributed by atoms with Crippen LogP contribution >= 0.6 is 24.0 Å². The molecule has 2 rings (SSSR count). The Bertz CT molecular complexity index is 315. The fourth-order valence-electron chi connectivity index (χ4n) is 2.92. The molecule has 2 aliphatic rings. The summed E-state index contributed by atoms with van der Waals surface area (Å²) in [6, 6.07) is 1.16. The molecule has 0 bridgehead atoms. The van der Waals surface area contributed by atoms with Crippen LogP contribution in [0.3, 0.4) is 0 Å². The highest BCUT2D eigenvalue weighted by Crippen LogP contribution is 2.25. The molecule has 0 aromatic rings. The topological polar surface area (TPSA) is 39.7 Å². The van der Waals surface area contributed by atoms with E-state index in [1.54, 1.807) is 0 Å². The zero-order valence-corrected chi connectivity index (χ0v) is 15.7. The summed E-state index contributed by atoms with van der Waals surface area (Å²) < 4.78 is 0. The third-order valence-electron chi connectivity index (χ3n) is 4.70. The van der Waals surface area contributed by atoms with Crippen LogP contribution in [0.15, 0.2) is 4.99 Å². The van der Waals surface area contributed by atoms with Gasteiger partial charge in [-0.05, 0) is 38.5 Å². The van der Waals surface area contributed by atoms with Crippen LogP contribution in [0.25, 0.3) is 0 Å². The van der Waals surface area contributed by atoms with E-state index in [4.69, 9.17) is 0 Å². The van der Waals surface area contributed by atoms with Crippen molar-refractivity contribution < 1.29 is 0 Å². The van der Waals surface area contributed by atoms with E-state index in [1.807, 2.05) is 7.05 Å². The van der Waals surface area contributed by atoms with Crippen molar-refractivity contribution in [3.63, 3.8) is 0 Å². The molecule has 5 heteroatoms. The number of halogens is 1. The van der Waals surface area contributed by atoms with Crippen LogP contribution in [0, 0.1) is 11.8 Å². The summed E-state index contributed by atoms with van der Waals surface area (Å²) in [5.74, 6) is 2.53. The van der Waals surface area contributed by atoms with Gasteiger partial charge in [0.2, 0.25) is 0 Å². The Labute approximate surface area is 141 Å². The van der Waals surface area contributed by atoms with E-state index >= 15 is 0 Å². The molecule has 2 N–H and O–H groups in total. The van der Waals surface area contributed by atoms with Crippen molar-refractivity contribution in [2.24, 2.45) is 16.8 Å². The number of guanidine groups is 1. The summed E-state index contributed by atoms with van der Waals surface area (Å²) in [4.78, 5) is 6.91. The van der Waals surface area contributed by atoms with Gasteiger partial charge in [-0.25, -0.2) is 0 Å². The van der Waals surface area contributed by atoms with Gasteiger partial charge in [0.25, 0.3) is 0 Å². The summed E-state index contributed by atoms with van der Waals surface area (Å²) in [7, 11) is 1.87. The lowest BCUT2D eigenvalue weighted by molar-refractivity contribution is 0.265. The highest BCUT2D eigenvalue weighted by atomic mass is 127. The Morgan fingerprint density at radius 3 is 2.45 bits per heavy atom. The van der Waals surface area contributed by atoms with Gasteiger partial charge in [0.15, 0.2) is 5.96 Å². The van der Waals surface area contributed by atoms with E-state index in [1.165, 1.54) is 25.8 Å². The van der Waals surface area contributed by atoms with Gasteiger partial charge in [0, 0.05) is 38.8 Å². The van der Waals surface area contributed by atoms with Gasteiger partial charge in [-0.3, -0.25) is 9.89 Å². The molecule has 2 atom stereocenters. The highest BCUT2D eigenvalue weighted by molar-refractivity contribution is 14.0. The Kier molecular flexibility index (Phi) is 7.58. The summed E-state index contributed by atoms with van der Waals surface area (Å²) in [6.45, 7) is 10.3. The van der Waals surface area contributed by atoms with Crippen LogP contribution in [-0.4, -0.2) is 49.6 Å². The van der Waals surface area contributed by atoms with E-state index < -0.39 is 0 Å². The zero-order chi connectivity index (χ0) is 13.8.